The third-order valence-corrected chi connectivity index (χ3v) is 3.27. The minimum absolute atomic E-state index is 0.0353. The molecule has 1 unspecified atom stereocenters. The number of likely N-dealkylation sites (N-methyl/N-ethyl adjacent to an activating group) is 1. The van der Waals surface area contributed by atoms with Gasteiger partial charge in [-0.3, -0.25) is 4.79 Å². The fourth-order valence-electron chi connectivity index (χ4n) is 1.92. The van der Waals surface area contributed by atoms with Gasteiger partial charge in [-0.1, -0.05) is 0 Å². The molecule has 98 valence electrons. The standard InChI is InChI=1S/C12H16BrN3O2/c1-14-7-10-8-16(4-5-18-10)12(17)11-3-2-9(13)6-15-11/h2-3,6,10,14H,4-5,7-8H2,1H3. The quantitative estimate of drug-likeness (QED) is 0.901. The second-order valence-corrected chi connectivity index (χ2v) is 5.08. The lowest BCUT2D eigenvalue weighted by Gasteiger charge is -2.32. The van der Waals surface area contributed by atoms with E-state index in [0.717, 1.165) is 11.0 Å². The summed E-state index contributed by atoms with van der Waals surface area (Å²) in [5, 5.41) is 3.06. The average Bonchev–Trinajstić information content (AvgIpc) is 2.39. The molecule has 0 bridgehead atoms. The van der Waals surface area contributed by atoms with Gasteiger partial charge < -0.3 is 15.0 Å². The van der Waals surface area contributed by atoms with Crippen molar-refractivity contribution in [1.82, 2.24) is 15.2 Å². The second-order valence-electron chi connectivity index (χ2n) is 4.16. The predicted molar refractivity (Wildman–Crippen MR) is 71.5 cm³/mol. The van der Waals surface area contributed by atoms with Gasteiger partial charge in [0.1, 0.15) is 5.69 Å². The van der Waals surface area contributed by atoms with Gasteiger partial charge in [-0.15, -0.1) is 0 Å². The summed E-state index contributed by atoms with van der Waals surface area (Å²) in [5.41, 5.74) is 0.475. The van der Waals surface area contributed by atoms with E-state index in [4.69, 9.17) is 4.74 Å². The van der Waals surface area contributed by atoms with Gasteiger partial charge in [0.15, 0.2) is 0 Å². The van der Waals surface area contributed by atoms with Gasteiger partial charge in [-0.05, 0) is 35.1 Å². The van der Waals surface area contributed by atoms with Gasteiger partial charge in [0.05, 0.1) is 12.7 Å². The molecular formula is C12H16BrN3O2. The maximum atomic E-state index is 12.2. The van der Waals surface area contributed by atoms with Crippen molar-refractivity contribution in [2.75, 3.05) is 33.3 Å². The molecule has 6 heteroatoms. The van der Waals surface area contributed by atoms with Crippen LogP contribution in [0.2, 0.25) is 0 Å². The molecule has 1 aliphatic heterocycles. The van der Waals surface area contributed by atoms with E-state index in [1.54, 1.807) is 17.2 Å². The number of aromatic nitrogens is 1. The number of morpholine rings is 1. The first kappa shape index (κ1) is 13.5. The van der Waals surface area contributed by atoms with Crippen molar-refractivity contribution < 1.29 is 9.53 Å². The molecule has 1 amide bonds. The summed E-state index contributed by atoms with van der Waals surface area (Å²) < 4.78 is 6.44. The molecule has 2 heterocycles. The van der Waals surface area contributed by atoms with E-state index in [1.165, 1.54) is 0 Å². The molecule has 0 spiro atoms. The molecule has 5 nitrogen and oxygen atoms in total. The summed E-state index contributed by atoms with van der Waals surface area (Å²) in [6.45, 7) is 2.56. The number of carbonyl (C=O) groups is 1. The van der Waals surface area contributed by atoms with Crippen LogP contribution in [0.1, 0.15) is 10.5 Å². The number of amides is 1. The molecule has 0 aromatic carbocycles. The monoisotopic (exact) mass is 313 g/mol. The molecular weight excluding hydrogens is 298 g/mol. The van der Waals surface area contributed by atoms with E-state index >= 15 is 0 Å². The van der Waals surface area contributed by atoms with Crippen LogP contribution in [0.4, 0.5) is 0 Å². The van der Waals surface area contributed by atoms with Crippen LogP contribution in [-0.4, -0.2) is 55.2 Å². The van der Waals surface area contributed by atoms with Gasteiger partial charge in [0.25, 0.3) is 5.91 Å². The molecule has 1 aromatic heterocycles. The van der Waals surface area contributed by atoms with Crippen LogP contribution in [0.3, 0.4) is 0 Å². The molecule has 0 radical (unpaired) electrons. The highest BCUT2D eigenvalue weighted by atomic mass is 79.9. The summed E-state index contributed by atoms with van der Waals surface area (Å²) in [6.07, 6.45) is 1.70. The van der Waals surface area contributed by atoms with Gasteiger partial charge in [-0.2, -0.15) is 0 Å². The number of carbonyl (C=O) groups excluding carboxylic acids is 1. The fourth-order valence-corrected chi connectivity index (χ4v) is 2.15. The van der Waals surface area contributed by atoms with Gasteiger partial charge in [0.2, 0.25) is 0 Å². The van der Waals surface area contributed by atoms with Crippen LogP contribution in [0, 0.1) is 0 Å². The number of nitrogens with zero attached hydrogens (tertiary/aromatic N) is 2. The predicted octanol–water partition coefficient (Wildman–Crippen LogP) is 0.904. The number of rotatable bonds is 3. The lowest BCUT2D eigenvalue weighted by atomic mass is 10.2. The maximum absolute atomic E-state index is 12.2. The third-order valence-electron chi connectivity index (χ3n) is 2.80. The van der Waals surface area contributed by atoms with E-state index in [2.05, 4.69) is 26.2 Å². The first-order valence-electron chi connectivity index (χ1n) is 5.87. The Kier molecular flexibility index (Phi) is 4.68. The van der Waals surface area contributed by atoms with Gasteiger partial charge >= 0.3 is 0 Å². The Bertz CT molecular complexity index is 408. The highest BCUT2D eigenvalue weighted by molar-refractivity contribution is 9.10. The molecule has 1 aromatic rings. The molecule has 0 aliphatic carbocycles. The van der Waals surface area contributed by atoms with Crippen molar-refractivity contribution in [2.24, 2.45) is 0 Å². The molecule has 1 atom stereocenters. The lowest BCUT2D eigenvalue weighted by molar-refractivity contribution is -0.0198. The highest BCUT2D eigenvalue weighted by Gasteiger charge is 2.25. The Balaban J connectivity index is 2.02. The van der Waals surface area contributed by atoms with E-state index in [1.807, 2.05) is 13.1 Å². The molecule has 0 saturated carbocycles. The number of hydrogen-bond donors (Lipinski definition) is 1. The first-order chi connectivity index (χ1) is 8.70. The number of hydrogen-bond acceptors (Lipinski definition) is 4. The fraction of sp³-hybridized carbons (Fsp3) is 0.500. The van der Waals surface area contributed by atoms with Crippen molar-refractivity contribution in [3.8, 4) is 0 Å². The first-order valence-corrected chi connectivity index (χ1v) is 6.67. The van der Waals surface area contributed by atoms with E-state index in [9.17, 15) is 4.79 Å². The topological polar surface area (TPSA) is 54.5 Å². The number of nitrogens with one attached hydrogen (secondary N) is 1. The summed E-state index contributed by atoms with van der Waals surface area (Å²) in [6, 6.07) is 3.56. The Hall–Kier alpha value is -0.980. The van der Waals surface area contributed by atoms with E-state index in [0.29, 0.717) is 25.4 Å². The minimum Gasteiger partial charge on any atom is -0.373 e. The van der Waals surface area contributed by atoms with Crippen LogP contribution < -0.4 is 5.32 Å². The molecule has 1 N–H and O–H groups in total. The Labute approximate surface area is 115 Å². The lowest BCUT2D eigenvalue weighted by Crippen LogP contribution is -2.48. The van der Waals surface area contributed by atoms with Crippen LogP contribution in [0.15, 0.2) is 22.8 Å². The maximum Gasteiger partial charge on any atom is 0.272 e. The van der Waals surface area contributed by atoms with Crippen LogP contribution in [0.5, 0.6) is 0 Å². The zero-order chi connectivity index (χ0) is 13.0. The molecule has 1 aliphatic rings. The third kappa shape index (κ3) is 3.28. The molecule has 2 rings (SSSR count). The smallest absolute Gasteiger partial charge is 0.272 e. The molecule has 1 fully saturated rings. The van der Waals surface area contributed by atoms with Crippen molar-refractivity contribution >= 4 is 21.8 Å². The normalized spacial score (nSPS) is 19.9. The van der Waals surface area contributed by atoms with Crippen molar-refractivity contribution in [3.63, 3.8) is 0 Å². The summed E-state index contributed by atoms with van der Waals surface area (Å²) >= 11 is 3.31. The Morgan fingerprint density at radius 2 is 2.50 bits per heavy atom. The Morgan fingerprint density at radius 3 is 3.17 bits per heavy atom. The summed E-state index contributed by atoms with van der Waals surface area (Å²) in [7, 11) is 1.88. The largest absolute Gasteiger partial charge is 0.373 e. The summed E-state index contributed by atoms with van der Waals surface area (Å²) in [4.78, 5) is 18.2. The summed E-state index contributed by atoms with van der Waals surface area (Å²) in [5.74, 6) is -0.0353. The van der Waals surface area contributed by atoms with E-state index in [-0.39, 0.29) is 12.0 Å². The molecule has 18 heavy (non-hydrogen) atoms. The number of ether oxygens (including phenoxy) is 1. The Morgan fingerprint density at radius 1 is 1.67 bits per heavy atom. The minimum atomic E-state index is -0.0353. The van der Waals surface area contributed by atoms with Crippen molar-refractivity contribution in [3.05, 3.63) is 28.5 Å². The van der Waals surface area contributed by atoms with Crippen LogP contribution in [-0.2, 0) is 4.74 Å². The van der Waals surface area contributed by atoms with Crippen molar-refractivity contribution in [1.29, 1.82) is 0 Å². The van der Waals surface area contributed by atoms with Gasteiger partial charge in [0, 0.05) is 30.3 Å². The van der Waals surface area contributed by atoms with Crippen molar-refractivity contribution in [2.45, 2.75) is 6.10 Å². The van der Waals surface area contributed by atoms with Gasteiger partial charge in [-0.25, -0.2) is 4.98 Å². The average molecular weight is 314 g/mol. The number of halogens is 1. The SMILES string of the molecule is CNCC1CN(C(=O)c2ccc(Br)cn2)CCO1. The molecule has 1 saturated heterocycles. The van der Waals surface area contributed by atoms with E-state index < -0.39 is 0 Å². The van der Waals surface area contributed by atoms with Crippen LogP contribution in [0.25, 0.3) is 0 Å². The van der Waals surface area contributed by atoms with Crippen LogP contribution >= 0.6 is 15.9 Å². The zero-order valence-corrected chi connectivity index (χ0v) is 11.8. The zero-order valence-electron chi connectivity index (χ0n) is 10.2. The second kappa shape index (κ2) is 6.26. The highest BCUT2D eigenvalue weighted by Crippen LogP contribution is 2.12. The number of pyridine rings is 1.